The zero-order valence-corrected chi connectivity index (χ0v) is 9.19. The van der Waals surface area contributed by atoms with Gasteiger partial charge in [0, 0.05) is 24.8 Å². The Balaban J connectivity index is 2.26. The number of carbonyl (C=O) groups is 1. The number of anilines is 1. The highest BCUT2D eigenvalue weighted by Gasteiger charge is 2.39. The maximum absolute atomic E-state index is 13.0. The van der Waals surface area contributed by atoms with Crippen molar-refractivity contribution in [2.45, 2.75) is 5.38 Å². The number of carbonyl (C=O) groups excluding carboxylic acids is 1. The molecule has 0 aliphatic carbocycles. The van der Waals surface area contributed by atoms with Gasteiger partial charge >= 0.3 is 0 Å². The molecule has 0 aromatic heterocycles. The van der Waals surface area contributed by atoms with E-state index < -0.39 is 11.2 Å². The summed E-state index contributed by atoms with van der Waals surface area (Å²) in [5.41, 5.74) is 0.478. The predicted molar refractivity (Wildman–Crippen MR) is 59.0 cm³/mol. The Bertz CT molecular complexity index is 413. The number of rotatable bonds is 2. The van der Waals surface area contributed by atoms with Crippen LogP contribution in [0, 0.1) is 11.7 Å². The highest BCUT2D eigenvalue weighted by atomic mass is 35.5. The lowest BCUT2D eigenvalue weighted by atomic mass is 10.1. The molecule has 2 rings (SSSR count). The van der Waals surface area contributed by atoms with Crippen molar-refractivity contribution in [3.8, 4) is 0 Å². The van der Waals surface area contributed by atoms with Crippen molar-refractivity contribution in [3.63, 3.8) is 0 Å². The molecule has 0 saturated carbocycles. The molecule has 1 heterocycles. The number of aliphatic hydroxyl groups excluding tert-OH is 1. The SMILES string of the molecule is O=C1[C@H](Cl)[C@H](CO)CN1c1cccc(F)c1. The number of nitrogens with zero attached hydrogens (tertiary/aromatic N) is 1. The molecule has 0 radical (unpaired) electrons. The van der Waals surface area contributed by atoms with Crippen LogP contribution in [0.2, 0.25) is 0 Å². The number of halogens is 2. The van der Waals surface area contributed by atoms with Gasteiger partial charge in [-0.05, 0) is 18.2 Å². The fourth-order valence-corrected chi connectivity index (χ4v) is 2.07. The lowest BCUT2D eigenvalue weighted by molar-refractivity contribution is -0.117. The topological polar surface area (TPSA) is 40.5 Å². The summed E-state index contributed by atoms with van der Waals surface area (Å²) >= 11 is 5.87. The predicted octanol–water partition coefficient (Wildman–Crippen LogP) is 1.39. The summed E-state index contributed by atoms with van der Waals surface area (Å²) in [6.07, 6.45) is 0. The quantitative estimate of drug-likeness (QED) is 0.798. The molecule has 1 amide bonds. The summed E-state index contributed by atoms with van der Waals surface area (Å²) in [5, 5.41) is 8.31. The first-order valence-electron chi connectivity index (χ1n) is 4.95. The van der Waals surface area contributed by atoms with Crippen molar-refractivity contribution >= 4 is 23.2 Å². The molecule has 5 heteroatoms. The second-order valence-electron chi connectivity index (χ2n) is 3.77. The first kappa shape index (κ1) is 11.4. The van der Waals surface area contributed by atoms with E-state index >= 15 is 0 Å². The number of hydrogen-bond donors (Lipinski definition) is 1. The van der Waals surface area contributed by atoms with Crippen LogP contribution in [-0.4, -0.2) is 29.5 Å². The van der Waals surface area contributed by atoms with Gasteiger partial charge in [0.25, 0.3) is 0 Å². The maximum Gasteiger partial charge on any atom is 0.245 e. The molecular weight excluding hydrogens is 233 g/mol. The van der Waals surface area contributed by atoms with E-state index in [2.05, 4.69) is 0 Å². The number of aliphatic hydroxyl groups is 1. The Morgan fingerprint density at radius 2 is 2.31 bits per heavy atom. The second-order valence-corrected chi connectivity index (χ2v) is 4.24. The van der Waals surface area contributed by atoms with Crippen molar-refractivity contribution < 1.29 is 14.3 Å². The van der Waals surface area contributed by atoms with Crippen LogP contribution >= 0.6 is 11.6 Å². The van der Waals surface area contributed by atoms with Crippen molar-refractivity contribution in [3.05, 3.63) is 30.1 Å². The van der Waals surface area contributed by atoms with Gasteiger partial charge in [-0.25, -0.2) is 4.39 Å². The van der Waals surface area contributed by atoms with Gasteiger partial charge in [-0.2, -0.15) is 0 Å². The fraction of sp³-hybridized carbons (Fsp3) is 0.364. The van der Waals surface area contributed by atoms with Crippen molar-refractivity contribution in [1.82, 2.24) is 0 Å². The number of amides is 1. The third kappa shape index (κ3) is 1.90. The second kappa shape index (κ2) is 4.39. The molecule has 0 spiro atoms. The van der Waals surface area contributed by atoms with Gasteiger partial charge < -0.3 is 10.0 Å². The minimum absolute atomic E-state index is 0.147. The Labute approximate surface area is 97.4 Å². The van der Waals surface area contributed by atoms with Crippen LogP contribution in [0.25, 0.3) is 0 Å². The minimum atomic E-state index is -0.728. The number of benzene rings is 1. The van der Waals surface area contributed by atoms with E-state index in [1.165, 1.54) is 23.1 Å². The van der Waals surface area contributed by atoms with E-state index in [0.717, 1.165) is 0 Å². The van der Waals surface area contributed by atoms with E-state index in [4.69, 9.17) is 16.7 Å². The highest BCUT2D eigenvalue weighted by Crippen LogP contribution is 2.28. The van der Waals surface area contributed by atoms with Gasteiger partial charge in [0.1, 0.15) is 11.2 Å². The maximum atomic E-state index is 13.0. The van der Waals surface area contributed by atoms with Crippen LogP contribution in [0.15, 0.2) is 24.3 Å². The molecule has 1 saturated heterocycles. The molecule has 3 nitrogen and oxygen atoms in total. The molecule has 1 aromatic carbocycles. The lowest BCUT2D eigenvalue weighted by Crippen LogP contribution is -2.27. The molecule has 86 valence electrons. The molecule has 1 aliphatic rings. The molecule has 2 atom stereocenters. The van der Waals surface area contributed by atoms with Crippen LogP contribution < -0.4 is 4.90 Å². The number of hydrogen-bond acceptors (Lipinski definition) is 2. The largest absolute Gasteiger partial charge is 0.396 e. The van der Waals surface area contributed by atoms with Crippen LogP contribution in [0.4, 0.5) is 10.1 Å². The third-order valence-electron chi connectivity index (χ3n) is 2.69. The van der Waals surface area contributed by atoms with Crippen molar-refractivity contribution in [2.24, 2.45) is 5.92 Å². The van der Waals surface area contributed by atoms with E-state index in [-0.39, 0.29) is 18.4 Å². The summed E-state index contributed by atoms with van der Waals surface area (Å²) in [7, 11) is 0. The average molecular weight is 244 g/mol. The average Bonchev–Trinajstić information content (AvgIpc) is 2.56. The number of alkyl halides is 1. The van der Waals surface area contributed by atoms with Gasteiger partial charge in [-0.1, -0.05) is 6.07 Å². The Kier molecular flexibility index (Phi) is 3.12. The summed E-state index contributed by atoms with van der Waals surface area (Å²) in [6, 6.07) is 5.77. The summed E-state index contributed by atoms with van der Waals surface area (Å²) in [6.45, 7) is 0.179. The molecule has 1 aliphatic heterocycles. The van der Waals surface area contributed by atoms with E-state index in [9.17, 15) is 9.18 Å². The van der Waals surface area contributed by atoms with Gasteiger partial charge in [0.2, 0.25) is 5.91 Å². The van der Waals surface area contributed by atoms with Crippen molar-refractivity contribution in [2.75, 3.05) is 18.1 Å². The van der Waals surface area contributed by atoms with Crippen LogP contribution in [0.1, 0.15) is 0 Å². The molecule has 0 bridgehead atoms. The van der Waals surface area contributed by atoms with Crippen LogP contribution in [0.5, 0.6) is 0 Å². The van der Waals surface area contributed by atoms with Crippen molar-refractivity contribution in [1.29, 1.82) is 0 Å². The van der Waals surface area contributed by atoms with Gasteiger partial charge in [-0.15, -0.1) is 11.6 Å². The summed E-state index contributed by atoms with van der Waals surface area (Å²) in [5.74, 6) is -0.979. The first-order chi connectivity index (χ1) is 7.63. The van der Waals surface area contributed by atoms with Crippen LogP contribution in [0.3, 0.4) is 0 Å². The Morgan fingerprint density at radius 1 is 1.56 bits per heavy atom. The normalized spacial score (nSPS) is 25.2. The van der Waals surface area contributed by atoms with Crippen LogP contribution in [-0.2, 0) is 4.79 Å². The monoisotopic (exact) mass is 243 g/mol. The summed E-state index contributed by atoms with van der Waals surface area (Å²) < 4.78 is 13.0. The first-order valence-corrected chi connectivity index (χ1v) is 5.39. The van der Waals surface area contributed by atoms with E-state index in [1.807, 2.05) is 0 Å². The molecular formula is C11H11ClFNO2. The van der Waals surface area contributed by atoms with Gasteiger partial charge in [-0.3, -0.25) is 4.79 Å². The minimum Gasteiger partial charge on any atom is -0.396 e. The van der Waals surface area contributed by atoms with Gasteiger partial charge in [0.15, 0.2) is 0 Å². The molecule has 1 fully saturated rings. The Morgan fingerprint density at radius 3 is 2.88 bits per heavy atom. The summed E-state index contributed by atoms with van der Waals surface area (Å²) in [4.78, 5) is 13.2. The smallest absolute Gasteiger partial charge is 0.245 e. The molecule has 1 aromatic rings. The molecule has 1 N–H and O–H groups in total. The third-order valence-corrected chi connectivity index (χ3v) is 3.23. The zero-order valence-electron chi connectivity index (χ0n) is 8.44. The molecule has 0 unspecified atom stereocenters. The lowest BCUT2D eigenvalue weighted by Gasteiger charge is -2.15. The van der Waals surface area contributed by atoms with E-state index in [1.54, 1.807) is 6.07 Å². The zero-order chi connectivity index (χ0) is 11.7. The standard InChI is InChI=1S/C11H11ClFNO2/c12-10-7(6-15)5-14(11(10)16)9-3-1-2-8(13)4-9/h1-4,7,10,15H,5-6H2/t7-,10+/m0/s1. The Hall–Kier alpha value is -1.13. The van der Waals surface area contributed by atoms with E-state index in [0.29, 0.717) is 12.2 Å². The highest BCUT2D eigenvalue weighted by molar-refractivity contribution is 6.34. The fourth-order valence-electron chi connectivity index (χ4n) is 1.79. The van der Waals surface area contributed by atoms with Gasteiger partial charge in [0.05, 0.1) is 0 Å². The molecule has 16 heavy (non-hydrogen) atoms.